The summed E-state index contributed by atoms with van der Waals surface area (Å²) in [5, 5.41) is 9.45. The van der Waals surface area contributed by atoms with Crippen molar-refractivity contribution in [3.05, 3.63) is 10.6 Å². The van der Waals surface area contributed by atoms with E-state index in [0.29, 0.717) is 22.9 Å². The van der Waals surface area contributed by atoms with Crippen molar-refractivity contribution in [3.63, 3.8) is 0 Å². The molecule has 0 aromatic rings. The summed E-state index contributed by atoms with van der Waals surface area (Å²) >= 11 is 6.05. The van der Waals surface area contributed by atoms with Crippen LogP contribution in [0.2, 0.25) is 0 Å². The predicted molar refractivity (Wildman–Crippen MR) is 52.8 cm³/mol. The third kappa shape index (κ3) is 2.47. The average molecular weight is 203 g/mol. The van der Waals surface area contributed by atoms with E-state index in [1.165, 1.54) is 12.8 Å². The van der Waals surface area contributed by atoms with Crippen LogP contribution in [-0.2, 0) is 4.79 Å². The molecule has 3 heteroatoms. The van der Waals surface area contributed by atoms with Gasteiger partial charge in [0, 0.05) is 5.03 Å². The number of allylic oxidation sites excluding steroid dienone is 1. The summed E-state index contributed by atoms with van der Waals surface area (Å²) in [5.41, 5.74) is 0.397. The van der Waals surface area contributed by atoms with Gasteiger partial charge in [-0.15, -0.1) is 0 Å². The van der Waals surface area contributed by atoms with Gasteiger partial charge in [-0.3, -0.25) is 0 Å². The van der Waals surface area contributed by atoms with E-state index in [0.717, 1.165) is 12.8 Å². The standard InChI is InChI=1S/C10H15ClO2/c1-2-8(10(12)13)9(11)7-5-3-4-6-7/h7H,2-6H2,1H3,(H,12,13)/b9-8+. The third-order valence-corrected chi connectivity index (χ3v) is 3.15. The Morgan fingerprint density at radius 1 is 1.46 bits per heavy atom. The highest BCUT2D eigenvalue weighted by molar-refractivity contribution is 6.31. The Kier molecular flexibility index (Phi) is 3.79. The fourth-order valence-electron chi connectivity index (χ4n) is 1.85. The van der Waals surface area contributed by atoms with Crippen molar-refractivity contribution in [2.24, 2.45) is 5.92 Å². The number of hydrogen-bond acceptors (Lipinski definition) is 1. The van der Waals surface area contributed by atoms with Crippen LogP contribution in [0.1, 0.15) is 39.0 Å². The van der Waals surface area contributed by atoms with Gasteiger partial charge < -0.3 is 5.11 Å². The van der Waals surface area contributed by atoms with Gasteiger partial charge in [-0.05, 0) is 25.2 Å². The molecule has 0 aromatic carbocycles. The lowest BCUT2D eigenvalue weighted by Crippen LogP contribution is -2.06. The molecule has 1 rings (SSSR count). The molecule has 0 radical (unpaired) electrons. The van der Waals surface area contributed by atoms with Crippen molar-refractivity contribution in [2.45, 2.75) is 39.0 Å². The lowest BCUT2D eigenvalue weighted by molar-refractivity contribution is -0.132. The fourth-order valence-corrected chi connectivity index (χ4v) is 2.28. The van der Waals surface area contributed by atoms with Crippen LogP contribution >= 0.6 is 11.6 Å². The Morgan fingerprint density at radius 3 is 2.38 bits per heavy atom. The maximum atomic E-state index is 10.8. The number of halogens is 1. The molecule has 0 atom stereocenters. The van der Waals surface area contributed by atoms with E-state index >= 15 is 0 Å². The molecule has 0 saturated heterocycles. The first-order valence-electron chi connectivity index (χ1n) is 4.78. The second kappa shape index (κ2) is 4.66. The maximum absolute atomic E-state index is 10.8. The zero-order chi connectivity index (χ0) is 9.84. The van der Waals surface area contributed by atoms with Gasteiger partial charge in [0.2, 0.25) is 0 Å². The van der Waals surface area contributed by atoms with Crippen LogP contribution in [0.5, 0.6) is 0 Å². The Bertz CT molecular complexity index is 227. The number of carboxylic acids is 1. The van der Waals surface area contributed by atoms with E-state index < -0.39 is 5.97 Å². The van der Waals surface area contributed by atoms with Crippen LogP contribution in [0.15, 0.2) is 10.6 Å². The van der Waals surface area contributed by atoms with Crippen LogP contribution in [-0.4, -0.2) is 11.1 Å². The number of hydrogen-bond donors (Lipinski definition) is 1. The molecule has 2 nitrogen and oxygen atoms in total. The van der Waals surface area contributed by atoms with E-state index in [9.17, 15) is 4.79 Å². The molecule has 1 N–H and O–H groups in total. The molecule has 0 bridgehead atoms. The molecule has 13 heavy (non-hydrogen) atoms. The molecule has 0 aliphatic heterocycles. The minimum atomic E-state index is -0.862. The van der Waals surface area contributed by atoms with Crippen molar-refractivity contribution >= 4 is 17.6 Å². The van der Waals surface area contributed by atoms with Gasteiger partial charge in [-0.1, -0.05) is 31.4 Å². The topological polar surface area (TPSA) is 37.3 Å². The lowest BCUT2D eigenvalue weighted by Gasteiger charge is -2.10. The van der Waals surface area contributed by atoms with Crippen LogP contribution < -0.4 is 0 Å². The van der Waals surface area contributed by atoms with Gasteiger partial charge in [0.1, 0.15) is 0 Å². The first kappa shape index (κ1) is 10.6. The molecule has 1 saturated carbocycles. The molecular formula is C10H15ClO2. The summed E-state index contributed by atoms with van der Waals surface area (Å²) in [7, 11) is 0. The molecule has 74 valence electrons. The van der Waals surface area contributed by atoms with E-state index in [1.54, 1.807) is 0 Å². The largest absolute Gasteiger partial charge is 0.478 e. The van der Waals surface area contributed by atoms with Crippen molar-refractivity contribution in [2.75, 3.05) is 0 Å². The van der Waals surface area contributed by atoms with Crippen LogP contribution in [0.25, 0.3) is 0 Å². The lowest BCUT2D eigenvalue weighted by atomic mass is 10.0. The summed E-state index contributed by atoms with van der Waals surface area (Å²) in [6.07, 6.45) is 4.98. The Morgan fingerprint density at radius 2 is 2.00 bits per heavy atom. The van der Waals surface area contributed by atoms with Crippen molar-refractivity contribution in [1.29, 1.82) is 0 Å². The zero-order valence-corrected chi connectivity index (χ0v) is 8.60. The fraction of sp³-hybridized carbons (Fsp3) is 0.700. The molecule has 1 fully saturated rings. The number of aliphatic carboxylic acids is 1. The Balaban J connectivity index is 2.79. The zero-order valence-electron chi connectivity index (χ0n) is 7.85. The monoisotopic (exact) mass is 202 g/mol. The van der Waals surface area contributed by atoms with Crippen LogP contribution in [0, 0.1) is 5.92 Å². The molecule has 0 aromatic heterocycles. The van der Waals surface area contributed by atoms with Crippen molar-refractivity contribution in [3.8, 4) is 0 Å². The van der Waals surface area contributed by atoms with Gasteiger partial charge >= 0.3 is 5.97 Å². The van der Waals surface area contributed by atoms with Gasteiger partial charge in [-0.2, -0.15) is 0 Å². The normalized spacial score (nSPS) is 20.2. The third-order valence-electron chi connectivity index (χ3n) is 2.61. The molecule has 0 unspecified atom stereocenters. The summed E-state index contributed by atoms with van der Waals surface area (Å²) in [5.74, 6) is -0.549. The quantitative estimate of drug-likeness (QED) is 0.714. The first-order valence-corrected chi connectivity index (χ1v) is 5.16. The van der Waals surface area contributed by atoms with Crippen molar-refractivity contribution < 1.29 is 9.90 Å². The number of rotatable bonds is 3. The smallest absolute Gasteiger partial charge is 0.332 e. The highest BCUT2D eigenvalue weighted by Crippen LogP contribution is 2.35. The second-order valence-corrected chi connectivity index (χ2v) is 3.87. The van der Waals surface area contributed by atoms with Gasteiger partial charge in [0.05, 0.1) is 5.57 Å². The van der Waals surface area contributed by atoms with Crippen molar-refractivity contribution in [1.82, 2.24) is 0 Å². The first-order chi connectivity index (χ1) is 6.16. The molecule has 0 amide bonds. The molecule has 0 spiro atoms. The molecular weight excluding hydrogens is 188 g/mol. The highest BCUT2D eigenvalue weighted by atomic mass is 35.5. The van der Waals surface area contributed by atoms with Gasteiger partial charge in [0.15, 0.2) is 0 Å². The van der Waals surface area contributed by atoms with E-state index in [1.807, 2.05) is 6.92 Å². The van der Waals surface area contributed by atoms with Crippen LogP contribution in [0.3, 0.4) is 0 Å². The second-order valence-electron chi connectivity index (χ2n) is 3.47. The van der Waals surface area contributed by atoms with Crippen LogP contribution in [0.4, 0.5) is 0 Å². The maximum Gasteiger partial charge on any atom is 0.332 e. The SMILES string of the molecule is CC/C(C(=O)O)=C(\Cl)C1CCCC1. The minimum absolute atomic E-state index is 0.313. The average Bonchev–Trinajstić information content (AvgIpc) is 2.56. The Labute approximate surface area is 83.6 Å². The summed E-state index contributed by atoms with van der Waals surface area (Å²) in [6, 6.07) is 0. The van der Waals surface area contributed by atoms with Gasteiger partial charge in [-0.25, -0.2) is 4.79 Å². The molecule has 1 aliphatic rings. The number of carbonyl (C=O) groups is 1. The predicted octanol–water partition coefficient (Wildman–Crippen LogP) is 3.16. The number of carboxylic acid groups (broad SMARTS) is 1. The molecule has 1 aliphatic carbocycles. The minimum Gasteiger partial charge on any atom is -0.478 e. The summed E-state index contributed by atoms with van der Waals surface area (Å²) in [6.45, 7) is 1.83. The van der Waals surface area contributed by atoms with E-state index in [-0.39, 0.29) is 0 Å². The Hall–Kier alpha value is -0.500. The summed E-state index contributed by atoms with van der Waals surface area (Å²) in [4.78, 5) is 10.8. The van der Waals surface area contributed by atoms with Gasteiger partial charge in [0.25, 0.3) is 0 Å². The van der Waals surface area contributed by atoms with E-state index in [4.69, 9.17) is 16.7 Å². The summed E-state index contributed by atoms with van der Waals surface area (Å²) < 4.78 is 0. The van der Waals surface area contributed by atoms with E-state index in [2.05, 4.69) is 0 Å². The molecule has 0 heterocycles. The highest BCUT2D eigenvalue weighted by Gasteiger charge is 2.22.